The highest BCUT2D eigenvalue weighted by Gasteiger charge is 2.20. The number of rotatable bonds is 4. The molecule has 0 saturated carbocycles. The van der Waals surface area contributed by atoms with E-state index in [4.69, 9.17) is 5.11 Å². The average Bonchev–Trinajstić information content (AvgIpc) is 2.40. The number of halogens is 1. The van der Waals surface area contributed by atoms with Crippen LogP contribution in [0.5, 0.6) is 0 Å². The quantitative estimate of drug-likeness (QED) is 0.648. The molecule has 1 saturated heterocycles. The third kappa shape index (κ3) is 3.18. The smallest absolute Gasteiger partial charge is 0.272 e. The van der Waals surface area contributed by atoms with Crippen molar-refractivity contribution in [3.05, 3.63) is 34.1 Å². The number of piperazine rings is 1. The van der Waals surface area contributed by atoms with Crippen LogP contribution in [0.25, 0.3) is 0 Å². The fourth-order valence-corrected chi connectivity index (χ4v) is 2.22. The molecule has 1 aromatic carbocycles. The summed E-state index contributed by atoms with van der Waals surface area (Å²) in [5, 5.41) is 19.4. The van der Waals surface area contributed by atoms with Gasteiger partial charge in [0.15, 0.2) is 5.82 Å². The summed E-state index contributed by atoms with van der Waals surface area (Å²) in [7, 11) is 0. The maximum atomic E-state index is 13.8. The Kier molecular flexibility index (Phi) is 4.28. The summed E-state index contributed by atoms with van der Waals surface area (Å²) in [5.41, 5.74) is 0.161. The van der Waals surface area contributed by atoms with Crippen LogP contribution >= 0.6 is 0 Å². The van der Waals surface area contributed by atoms with Gasteiger partial charge in [-0.05, 0) is 6.07 Å². The highest BCUT2D eigenvalue weighted by atomic mass is 19.1. The van der Waals surface area contributed by atoms with Crippen LogP contribution in [-0.4, -0.2) is 54.3 Å². The summed E-state index contributed by atoms with van der Waals surface area (Å²) < 4.78 is 13.8. The number of nitrogens with zero attached hydrogens (tertiary/aromatic N) is 3. The maximum absolute atomic E-state index is 13.8. The predicted octanol–water partition coefficient (Wildman–Crippen LogP) is 0.848. The van der Waals surface area contributed by atoms with Crippen molar-refractivity contribution in [2.24, 2.45) is 0 Å². The molecule has 0 amide bonds. The summed E-state index contributed by atoms with van der Waals surface area (Å²) >= 11 is 0. The minimum atomic E-state index is -0.605. The number of hydrogen-bond acceptors (Lipinski definition) is 5. The molecule has 1 heterocycles. The number of benzene rings is 1. The van der Waals surface area contributed by atoms with Gasteiger partial charge in [-0.3, -0.25) is 15.0 Å². The fourth-order valence-electron chi connectivity index (χ4n) is 2.22. The molecule has 0 aliphatic carbocycles. The largest absolute Gasteiger partial charge is 0.395 e. The summed E-state index contributed by atoms with van der Waals surface area (Å²) in [6, 6.07) is 3.73. The molecule has 1 fully saturated rings. The van der Waals surface area contributed by atoms with Gasteiger partial charge in [-0.25, -0.2) is 4.39 Å². The van der Waals surface area contributed by atoms with Gasteiger partial charge in [0.1, 0.15) is 0 Å². The van der Waals surface area contributed by atoms with Gasteiger partial charge in [-0.2, -0.15) is 0 Å². The van der Waals surface area contributed by atoms with Gasteiger partial charge in [-0.15, -0.1) is 0 Å². The highest BCUT2D eigenvalue weighted by Crippen LogP contribution is 2.24. The Hall–Kier alpha value is -1.73. The van der Waals surface area contributed by atoms with Crippen LogP contribution < -0.4 is 4.90 Å². The lowest BCUT2D eigenvalue weighted by Gasteiger charge is -2.35. The van der Waals surface area contributed by atoms with Gasteiger partial charge in [0.2, 0.25) is 0 Å². The zero-order valence-electron chi connectivity index (χ0n) is 10.5. The van der Waals surface area contributed by atoms with Crippen LogP contribution in [0.1, 0.15) is 0 Å². The van der Waals surface area contributed by atoms with E-state index in [0.717, 1.165) is 19.2 Å². The Labute approximate surface area is 110 Å². The summed E-state index contributed by atoms with van der Waals surface area (Å²) in [6.45, 7) is 3.53. The van der Waals surface area contributed by atoms with Crippen LogP contribution in [0.2, 0.25) is 0 Å². The lowest BCUT2D eigenvalue weighted by atomic mass is 10.2. The van der Waals surface area contributed by atoms with Crippen molar-refractivity contribution in [1.82, 2.24) is 4.90 Å². The lowest BCUT2D eigenvalue weighted by Crippen LogP contribution is -2.47. The Morgan fingerprint density at radius 2 is 2.00 bits per heavy atom. The van der Waals surface area contributed by atoms with E-state index in [1.807, 2.05) is 4.90 Å². The minimum Gasteiger partial charge on any atom is -0.395 e. The second kappa shape index (κ2) is 5.94. The summed E-state index contributed by atoms with van der Waals surface area (Å²) in [4.78, 5) is 13.9. The van der Waals surface area contributed by atoms with Crippen molar-refractivity contribution < 1.29 is 14.4 Å². The van der Waals surface area contributed by atoms with E-state index in [1.54, 1.807) is 0 Å². The van der Waals surface area contributed by atoms with Crippen molar-refractivity contribution in [2.45, 2.75) is 0 Å². The van der Waals surface area contributed by atoms with E-state index in [-0.39, 0.29) is 12.3 Å². The van der Waals surface area contributed by atoms with E-state index in [2.05, 4.69) is 4.90 Å². The molecular formula is C12H16FN3O3. The van der Waals surface area contributed by atoms with Crippen molar-refractivity contribution in [3.8, 4) is 0 Å². The second-order valence-corrected chi connectivity index (χ2v) is 4.45. The molecule has 1 aliphatic rings. The van der Waals surface area contributed by atoms with Crippen molar-refractivity contribution in [3.63, 3.8) is 0 Å². The van der Waals surface area contributed by atoms with Gasteiger partial charge < -0.3 is 10.0 Å². The molecule has 1 N–H and O–H groups in total. The number of aliphatic hydroxyl groups is 1. The molecule has 7 heteroatoms. The third-order valence-electron chi connectivity index (χ3n) is 3.27. The van der Waals surface area contributed by atoms with Crippen LogP contribution in [0, 0.1) is 15.9 Å². The van der Waals surface area contributed by atoms with Crippen molar-refractivity contribution in [1.29, 1.82) is 0 Å². The molecule has 0 aromatic heterocycles. The lowest BCUT2D eigenvalue weighted by molar-refractivity contribution is -0.385. The number of nitro groups is 1. The monoisotopic (exact) mass is 269 g/mol. The molecule has 19 heavy (non-hydrogen) atoms. The first-order valence-electron chi connectivity index (χ1n) is 6.14. The normalized spacial score (nSPS) is 16.6. The predicted molar refractivity (Wildman–Crippen MR) is 68.8 cm³/mol. The molecule has 0 unspecified atom stereocenters. The zero-order chi connectivity index (χ0) is 13.8. The molecule has 0 radical (unpaired) electrons. The van der Waals surface area contributed by atoms with Crippen LogP contribution in [0.4, 0.5) is 15.8 Å². The number of aliphatic hydroxyl groups excluding tert-OH is 1. The third-order valence-corrected chi connectivity index (χ3v) is 3.27. The van der Waals surface area contributed by atoms with E-state index in [9.17, 15) is 14.5 Å². The average molecular weight is 269 g/mol. The molecule has 0 bridgehead atoms. The summed E-state index contributed by atoms with van der Waals surface area (Å²) in [6.07, 6.45) is 0. The zero-order valence-corrected chi connectivity index (χ0v) is 10.5. The Bertz CT molecular complexity index is 462. The fraction of sp³-hybridized carbons (Fsp3) is 0.500. The molecule has 1 aliphatic heterocycles. The number of β-amino-alcohol motifs (C(OH)–C–C–N with tert-alkyl or cyclic N) is 1. The Morgan fingerprint density at radius 1 is 1.32 bits per heavy atom. The molecule has 0 spiro atoms. The van der Waals surface area contributed by atoms with Crippen LogP contribution in [0.15, 0.2) is 18.2 Å². The van der Waals surface area contributed by atoms with Gasteiger partial charge >= 0.3 is 0 Å². The molecule has 2 rings (SSSR count). The SMILES string of the molecule is O=[N+]([O-])c1ccc(N2CCN(CCO)CC2)c(F)c1. The van der Waals surface area contributed by atoms with Gasteiger partial charge in [0, 0.05) is 38.8 Å². The van der Waals surface area contributed by atoms with Gasteiger partial charge in [0.25, 0.3) is 5.69 Å². The number of non-ortho nitro benzene ring substituents is 1. The summed E-state index contributed by atoms with van der Waals surface area (Å²) in [5.74, 6) is -0.565. The highest BCUT2D eigenvalue weighted by molar-refractivity contribution is 5.52. The first-order valence-corrected chi connectivity index (χ1v) is 6.14. The molecular weight excluding hydrogens is 253 g/mol. The molecule has 104 valence electrons. The first kappa shape index (κ1) is 13.7. The van der Waals surface area contributed by atoms with E-state index < -0.39 is 10.7 Å². The molecule has 1 aromatic rings. The molecule has 6 nitrogen and oxygen atoms in total. The second-order valence-electron chi connectivity index (χ2n) is 4.45. The van der Waals surface area contributed by atoms with E-state index in [1.165, 1.54) is 12.1 Å². The molecule has 0 atom stereocenters. The number of nitro benzene ring substituents is 1. The minimum absolute atomic E-state index is 0.117. The van der Waals surface area contributed by atoms with Crippen LogP contribution in [-0.2, 0) is 0 Å². The number of anilines is 1. The number of hydrogen-bond donors (Lipinski definition) is 1. The first-order chi connectivity index (χ1) is 9.11. The Balaban J connectivity index is 2.05. The van der Waals surface area contributed by atoms with Gasteiger partial charge in [-0.1, -0.05) is 0 Å². The van der Waals surface area contributed by atoms with Crippen molar-refractivity contribution in [2.75, 3.05) is 44.2 Å². The van der Waals surface area contributed by atoms with Crippen LogP contribution in [0.3, 0.4) is 0 Å². The topological polar surface area (TPSA) is 69.9 Å². The van der Waals surface area contributed by atoms with Gasteiger partial charge in [0.05, 0.1) is 23.3 Å². The van der Waals surface area contributed by atoms with E-state index >= 15 is 0 Å². The standard InChI is InChI=1S/C12H16FN3O3/c13-11-9-10(16(18)19)1-2-12(11)15-5-3-14(4-6-15)7-8-17/h1-2,9,17H,3-8H2. The maximum Gasteiger partial charge on any atom is 0.272 e. The van der Waals surface area contributed by atoms with E-state index in [0.29, 0.717) is 25.3 Å². The Morgan fingerprint density at radius 3 is 2.53 bits per heavy atom. The van der Waals surface area contributed by atoms with Crippen molar-refractivity contribution >= 4 is 11.4 Å².